The van der Waals surface area contributed by atoms with E-state index in [2.05, 4.69) is 10.6 Å². The van der Waals surface area contributed by atoms with Crippen molar-refractivity contribution in [3.8, 4) is 11.8 Å². The van der Waals surface area contributed by atoms with Gasteiger partial charge < -0.3 is 15.4 Å². The SMILES string of the molecule is COc1ccc(N[C@H](C)C(=O)Nc2cccc(C#N)c2)cc1Cl. The van der Waals surface area contributed by atoms with Gasteiger partial charge in [0, 0.05) is 11.4 Å². The van der Waals surface area contributed by atoms with Gasteiger partial charge in [0.1, 0.15) is 11.8 Å². The Morgan fingerprint density at radius 3 is 2.70 bits per heavy atom. The lowest BCUT2D eigenvalue weighted by atomic mass is 10.2. The second kappa shape index (κ2) is 7.52. The van der Waals surface area contributed by atoms with E-state index in [0.29, 0.717) is 27.7 Å². The predicted octanol–water partition coefficient (Wildman–Crippen LogP) is 3.66. The van der Waals surface area contributed by atoms with Crippen molar-refractivity contribution < 1.29 is 9.53 Å². The highest BCUT2D eigenvalue weighted by atomic mass is 35.5. The molecule has 2 N–H and O–H groups in total. The van der Waals surface area contributed by atoms with Crippen LogP contribution in [0, 0.1) is 11.3 Å². The summed E-state index contributed by atoms with van der Waals surface area (Å²) in [6.45, 7) is 1.74. The van der Waals surface area contributed by atoms with E-state index >= 15 is 0 Å². The lowest BCUT2D eigenvalue weighted by molar-refractivity contribution is -0.116. The third-order valence-electron chi connectivity index (χ3n) is 3.19. The Hall–Kier alpha value is -2.71. The maximum atomic E-state index is 12.2. The summed E-state index contributed by atoms with van der Waals surface area (Å²) in [6.07, 6.45) is 0. The van der Waals surface area contributed by atoms with Crippen LogP contribution in [-0.2, 0) is 4.79 Å². The second-order valence-electron chi connectivity index (χ2n) is 4.90. The molecule has 0 saturated heterocycles. The Morgan fingerprint density at radius 2 is 2.04 bits per heavy atom. The van der Waals surface area contributed by atoms with E-state index in [0.717, 1.165) is 0 Å². The molecule has 0 bridgehead atoms. The van der Waals surface area contributed by atoms with Crippen LogP contribution >= 0.6 is 11.6 Å². The zero-order valence-electron chi connectivity index (χ0n) is 12.8. The summed E-state index contributed by atoms with van der Waals surface area (Å²) in [4.78, 5) is 12.2. The maximum Gasteiger partial charge on any atom is 0.246 e. The van der Waals surface area contributed by atoms with E-state index in [-0.39, 0.29) is 5.91 Å². The third-order valence-corrected chi connectivity index (χ3v) is 3.48. The van der Waals surface area contributed by atoms with Gasteiger partial charge in [-0.2, -0.15) is 5.26 Å². The molecule has 0 aliphatic carbocycles. The maximum absolute atomic E-state index is 12.2. The predicted molar refractivity (Wildman–Crippen MR) is 90.9 cm³/mol. The van der Waals surface area contributed by atoms with Gasteiger partial charge in [-0.25, -0.2) is 0 Å². The summed E-state index contributed by atoms with van der Waals surface area (Å²) >= 11 is 6.06. The molecule has 2 aromatic carbocycles. The molecule has 6 heteroatoms. The first-order chi connectivity index (χ1) is 11.0. The molecular weight excluding hydrogens is 314 g/mol. The number of hydrogen-bond acceptors (Lipinski definition) is 4. The zero-order valence-corrected chi connectivity index (χ0v) is 13.5. The molecule has 1 atom stereocenters. The first-order valence-corrected chi connectivity index (χ1v) is 7.32. The number of amides is 1. The molecule has 23 heavy (non-hydrogen) atoms. The molecule has 0 fully saturated rings. The Morgan fingerprint density at radius 1 is 1.26 bits per heavy atom. The molecule has 1 amide bonds. The van der Waals surface area contributed by atoms with Gasteiger partial charge in [-0.1, -0.05) is 17.7 Å². The largest absolute Gasteiger partial charge is 0.495 e. The highest BCUT2D eigenvalue weighted by Crippen LogP contribution is 2.27. The number of ether oxygens (including phenoxy) is 1. The number of rotatable bonds is 5. The number of benzene rings is 2. The van der Waals surface area contributed by atoms with Crippen molar-refractivity contribution in [1.82, 2.24) is 0 Å². The summed E-state index contributed by atoms with van der Waals surface area (Å²) in [6, 6.07) is 13.5. The Kier molecular flexibility index (Phi) is 5.45. The minimum absolute atomic E-state index is 0.216. The molecule has 0 radical (unpaired) electrons. The molecule has 2 rings (SSSR count). The van der Waals surface area contributed by atoms with Crippen molar-refractivity contribution in [2.75, 3.05) is 17.7 Å². The lowest BCUT2D eigenvalue weighted by Crippen LogP contribution is -2.31. The van der Waals surface area contributed by atoms with Crippen LogP contribution in [0.3, 0.4) is 0 Å². The van der Waals surface area contributed by atoms with Crippen molar-refractivity contribution in [2.45, 2.75) is 13.0 Å². The van der Waals surface area contributed by atoms with E-state index in [1.54, 1.807) is 56.5 Å². The van der Waals surface area contributed by atoms with Gasteiger partial charge in [-0.15, -0.1) is 0 Å². The van der Waals surface area contributed by atoms with E-state index in [4.69, 9.17) is 21.6 Å². The number of nitrogens with one attached hydrogen (secondary N) is 2. The molecule has 0 spiro atoms. The monoisotopic (exact) mass is 329 g/mol. The van der Waals surface area contributed by atoms with Gasteiger partial charge >= 0.3 is 0 Å². The number of nitriles is 1. The van der Waals surface area contributed by atoms with Crippen LogP contribution in [0.2, 0.25) is 5.02 Å². The zero-order chi connectivity index (χ0) is 16.8. The van der Waals surface area contributed by atoms with Crippen molar-refractivity contribution >= 4 is 28.9 Å². The van der Waals surface area contributed by atoms with E-state index in [1.165, 1.54) is 0 Å². The lowest BCUT2D eigenvalue weighted by Gasteiger charge is -2.16. The van der Waals surface area contributed by atoms with Gasteiger partial charge in [-0.05, 0) is 43.3 Å². The van der Waals surface area contributed by atoms with Crippen LogP contribution in [0.25, 0.3) is 0 Å². The van der Waals surface area contributed by atoms with Crippen LogP contribution in [0.1, 0.15) is 12.5 Å². The topological polar surface area (TPSA) is 74.2 Å². The molecule has 0 heterocycles. The molecule has 5 nitrogen and oxygen atoms in total. The number of anilines is 2. The van der Waals surface area contributed by atoms with Crippen LogP contribution < -0.4 is 15.4 Å². The number of nitrogens with zero attached hydrogens (tertiary/aromatic N) is 1. The first-order valence-electron chi connectivity index (χ1n) is 6.94. The third kappa shape index (κ3) is 4.38. The molecule has 0 aliphatic rings. The number of methoxy groups -OCH3 is 1. The van der Waals surface area contributed by atoms with Gasteiger partial charge in [-0.3, -0.25) is 4.79 Å². The summed E-state index contributed by atoms with van der Waals surface area (Å²) < 4.78 is 5.09. The van der Waals surface area contributed by atoms with Crippen molar-refractivity contribution in [3.63, 3.8) is 0 Å². The molecule has 118 valence electrons. The van der Waals surface area contributed by atoms with E-state index in [9.17, 15) is 4.79 Å². The molecule has 0 aliphatic heterocycles. The van der Waals surface area contributed by atoms with Crippen LogP contribution in [0.5, 0.6) is 5.75 Å². The van der Waals surface area contributed by atoms with Gasteiger partial charge in [0.2, 0.25) is 5.91 Å². The highest BCUT2D eigenvalue weighted by Gasteiger charge is 2.13. The standard InChI is InChI=1S/C17H16ClN3O2/c1-11(20-14-6-7-16(23-2)15(18)9-14)17(22)21-13-5-3-4-12(8-13)10-19/h3-9,11,20H,1-2H3,(H,21,22)/t11-/m1/s1. The highest BCUT2D eigenvalue weighted by molar-refractivity contribution is 6.32. The Bertz CT molecular complexity index is 756. The fourth-order valence-corrected chi connectivity index (χ4v) is 2.25. The van der Waals surface area contributed by atoms with Gasteiger partial charge in [0.25, 0.3) is 0 Å². The second-order valence-corrected chi connectivity index (χ2v) is 5.30. The van der Waals surface area contributed by atoms with Crippen molar-refractivity contribution in [2.24, 2.45) is 0 Å². The Labute approximate surface area is 139 Å². The van der Waals surface area contributed by atoms with E-state index < -0.39 is 6.04 Å². The normalized spacial score (nSPS) is 11.2. The van der Waals surface area contributed by atoms with Gasteiger partial charge in [0.05, 0.1) is 23.8 Å². The quantitative estimate of drug-likeness (QED) is 0.878. The molecule has 0 aromatic heterocycles. The average Bonchev–Trinajstić information content (AvgIpc) is 2.55. The molecule has 0 saturated carbocycles. The van der Waals surface area contributed by atoms with Crippen molar-refractivity contribution in [3.05, 3.63) is 53.1 Å². The van der Waals surface area contributed by atoms with Crippen LogP contribution in [0.4, 0.5) is 11.4 Å². The number of hydrogen-bond donors (Lipinski definition) is 2. The average molecular weight is 330 g/mol. The summed E-state index contributed by atoms with van der Waals surface area (Å²) in [7, 11) is 1.54. The van der Waals surface area contributed by atoms with Gasteiger partial charge in [0.15, 0.2) is 0 Å². The molecule has 2 aromatic rings. The number of carbonyl (C=O) groups is 1. The number of carbonyl (C=O) groups excluding carboxylic acids is 1. The van der Waals surface area contributed by atoms with Crippen LogP contribution in [0.15, 0.2) is 42.5 Å². The summed E-state index contributed by atoms with van der Waals surface area (Å²) in [5.41, 5.74) is 1.78. The fourth-order valence-electron chi connectivity index (χ4n) is 1.99. The summed E-state index contributed by atoms with van der Waals surface area (Å²) in [5, 5.41) is 15.2. The van der Waals surface area contributed by atoms with Crippen molar-refractivity contribution in [1.29, 1.82) is 5.26 Å². The minimum atomic E-state index is -0.481. The molecular formula is C17H16ClN3O2. The fraction of sp³-hybridized carbons (Fsp3) is 0.176. The summed E-state index contributed by atoms with van der Waals surface area (Å²) in [5.74, 6) is 0.356. The smallest absolute Gasteiger partial charge is 0.246 e. The Balaban J connectivity index is 2.02. The van der Waals surface area contributed by atoms with E-state index in [1.807, 2.05) is 6.07 Å². The molecule has 0 unspecified atom stereocenters. The van der Waals surface area contributed by atoms with Crippen LogP contribution in [-0.4, -0.2) is 19.1 Å². The number of halogens is 1. The first kappa shape index (κ1) is 16.7. The minimum Gasteiger partial charge on any atom is -0.495 e.